The maximum Gasteiger partial charge on any atom is 0.335 e. The summed E-state index contributed by atoms with van der Waals surface area (Å²) in [5.41, 5.74) is 0.410. The predicted octanol–water partition coefficient (Wildman–Crippen LogP) is 1.76. The molecule has 54 valence electrons. The van der Waals surface area contributed by atoms with Gasteiger partial charge in [-0.2, -0.15) is 0 Å². The molecular formula is C7H7IO2. The zero-order valence-electron chi connectivity index (χ0n) is 5.25. The van der Waals surface area contributed by atoms with E-state index in [2.05, 4.69) is 22.6 Å². The molecule has 0 saturated heterocycles. The van der Waals surface area contributed by atoms with E-state index in [4.69, 9.17) is 5.11 Å². The summed E-state index contributed by atoms with van der Waals surface area (Å²) >= 11 is 2.27. The highest BCUT2D eigenvalue weighted by atomic mass is 127. The second kappa shape index (κ2) is 3.18. The zero-order valence-corrected chi connectivity index (χ0v) is 7.41. The van der Waals surface area contributed by atoms with Crippen molar-refractivity contribution in [3.8, 4) is 0 Å². The van der Waals surface area contributed by atoms with Gasteiger partial charge >= 0.3 is 5.97 Å². The quantitative estimate of drug-likeness (QED) is 0.568. The fraction of sp³-hybridized carbons (Fsp3) is 0.286. The van der Waals surface area contributed by atoms with Crippen molar-refractivity contribution in [2.45, 2.75) is 10.3 Å². The van der Waals surface area contributed by atoms with Crippen LogP contribution in [0.2, 0.25) is 0 Å². The number of hydrogen-bond donors (Lipinski definition) is 1. The molecule has 0 saturated carbocycles. The minimum Gasteiger partial charge on any atom is -0.478 e. The molecule has 1 N–H and O–H groups in total. The SMILES string of the molecule is O=C(O)C1=CCC(I)C=C1. The van der Waals surface area contributed by atoms with Crippen molar-refractivity contribution in [3.63, 3.8) is 0 Å². The molecule has 1 aliphatic carbocycles. The molecule has 1 unspecified atom stereocenters. The van der Waals surface area contributed by atoms with E-state index in [9.17, 15) is 4.79 Å². The number of hydrogen-bond acceptors (Lipinski definition) is 1. The van der Waals surface area contributed by atoms with Crippen LogP contribution in [0.25, 0.3) is 0 Å². The van der Waals surface area contributed by atoms with Gasteiger partial charge in [0, 0.05) is 3.92 Å². The Morgan fingerprint density at radius 2 is 2.50 bits per heavy atom. The van der Waals surface area contributed by atoms with Gasteiger partial charge in [-0.15, -0.1) is 0 Å². The van der Waals surface area contributed by atoms with Gasteiger partial charge in [0.1, 0.15) is 0 Å². The Labute approximate surface area is 72.8 Å². The van der Waals surface area contributed by atoms with Crippen LogP contribution >= 0.6 is 22.6 Å². The molecule has 2 nitrogen and oxygen atoms in total. The van der Waals surface area contributed by atoms with Crippen LogP contribution < -0.4 is 0 Å². The lowest BCUT2D eigenvalue weighted by atomic mass is 10.1. The van der Waals surface area contributed by atoms with Crippen molar-refractivity contribution in [2.24, 2.45) is 0 Å². The lowest BCUT2D eigenvalue weighted by Crippen LogP contribution is -2.04. The number of aliphatic carboxylic acids is 1. The number of halogens is 1. The monoisotopic (exact) mass is 250 g/mol. The molecule has 0 aromatic heterocycles. The summed E-state index contributed by atoms with van der Waals surface area (Å²) in [6.45, 7) is 0. The molecule has 0 amide bonds. The summed E-state index contributed by atoms with van der Waals surface area (Å²) in [7, 11) is 0. The third-order valence-corrected chi connectivity index (χ3v) is 2.22. The van der Waals surface area contributed by atoms with Gasteiger partial charge in [-0.1, -0.05) is 40.8 Å². The largest absolute Gasteiger partial charge is 0.478 e. The molecule has 0 heterocycles. The first-order valence-electron chi connectivity index (χ1n) is 2.96. The number of allylic oxidation sites excluding steroid dienone is 2. The average Bonchev–Trinajstić information content (AvgIpc) is 1.88. The second-order valence-corrected chi connectivity index (χ2v) is 3.68. The highest BCUT2D eigenvalue weighted by molar-refractivity contribution is 14.1. The minimum atomic E-state index is -0.834. The molecule has 0 aromatic carbocycles. The number of alkyl halides is 1. The van der Waals surface area contributed by atoms with E-state index in [1.165, 1.54) is 0 Å². The summed E-state index contributed by atoms with van der Waals surface area (Å²) in [6, 6.07) is 0. The van der Waals surface area contributed by atoms with E-state index < -0.39 is 5.97 Å². The zero-order chi connectivity index (χ0) is 7.56. The first kappa shape index (κ1) is 7.78. The van der Waals surface area contributed by atoms with Crippen molar-refractivity contribution >= 4 is 28.6 Å². The summed E-state index contributed by atoms with van der Waals surface area (Å²) < 4.78 is 0.459. The second-order valence-electron chi connectivity index (χ2n) is 2.08. The molecule has 3 heteroatoms. The molecule has 0 fully saturated rings. The summed E-state index contributed by atoms with van der Waals surface area (Å²) in [5.74, 6) is -0.834. The predicted molar refractivity (Wildman–Crippen MR) is 47.3 cm³/mol. The van der Waals surface area contributed by atoms with Crippen LogP contribution in [0, 0.1) is 0 Å². The van der Waals surface area contributed by atoms with Crippen molar-refractivity contribution in [1.82, 2.24) is 0 Å². The topological polar surface area (TPSA) is 37.3 Å². The lowest BCUT2D eigenvalue weighted by molar-refractivity contribution is -0.132. The van der Waals surface area contributed by atoms with Gasteiger partial charge < -0.3 is 5.11 Å². The summed E-state index contributed by atoms with van der Waals surface area (Å²) in [5, 5.41) is 8.50. The van der Waals surface area contributed by atoms with E-state index in [0.29, 0.717) is 9.50 Å². The Morgan fingerprint density at radius 1 is 1.80 bits per heavy atom. The maximum atomic E-state index is 10.3. The van der Waals surface area contributed by atoms with Gasteiger partial charge in [0.2, 0.25) is 0 Å². The van der Waals surface area contributed by atoms with Crippen molar-refractivity contribution < 1.29 is 9.90 Å². The first-order valence-corrected chi connectivity index (χ1v) is 4.20. The van der Waals surface area contributed by atoms with Crippen LogP contribution in [-0.2, 0) is 4.79 Å². The van der Waals surface area contributed by atoms with Crippen LogP contribution in [0.4, 0.5) is 0 Å². The van der Waals surface area contributed by atoms with Crippen LogP contribution in [-0.4, -0.2) is 15.0 Å². The Bertz CT molecular complexity index is 206. The normalized spacial score (nSPS) is 24.1. The molecule has 0 aliphatic heterocycles. The van der Waals surface area contributed by atoms with E-state index in [1.54, 1.807) is 12.2 Å². The number of rotatable bonds is 1. The third kappa shape index (κ3) is 1.83. The summed E-state index contributed by atoms with van der Waals surface area (Å²) in [6.07, 6.45) is 6.14. The van der Waals surface area contributed by atoms with Gasteiger partial charge in [0.15, 0.2) is 0 Å². The number of carbonyl (C=O) groups is 1. The molecule has 1 aliphatic rings. The fourth-order valence-corrected chi connectivity index (χ4v) is 1.21. The highest BCUT2D eigenvalue weighted by Gasteiger charge is 2.08. The minimum absolute atomic E-state index is 0.410. The van der Waals surface area contributed by atoms with Crippen molar-refractivity contribution in [3.05, 3.63) is 23.8 Å². The van der Waals surface area contributed by atoms with Gasteiger partial charge in [0.25, 0.3) is 0 Å². The molecule has 10 heavy (non-hydrogen) atoms. The van der Waals surface area contributed by atoms with Crippen LogP contribution in [0.15, 0.2) is 23.8 Å². The molecule has 0 aromatic rings. The Hall–Kier alpha value is -0.320. The Balaban J connectivity index is 2.67. The van der Waals surface area contributed by atoms with Crippen molar-refractivity contribution in [1.29, 1.82) is 0 Å². The average molecular weight is 250 g/mol. The molecular weight excluding hydrogens is 243 g/mol. The van der Waals surface area contributed by atoms with E-state index in [-0.39, 0.29) is 0 Å². The lowest BCUT2D eigenvalue weighted by Gasteiger charge is -2.05. The Morgan fingerprint density at radius 3 is 2.90 bits per heavy atom. The smallest absolute Gasteiger partial charge is 0.335 e. The van der Waals surface area contributed by atoms with Gasteiger partial charge in [-0.25, -0.2) is 4.79 Å². The molecule has 0 spiro atoms. The van der Waals surface area contributed by atoms with Gasteiger partial charge in [-0.05, 0) is 6.42 Å². The highest BCUT2D eigenvalue weighted by Crippen LogP contribution is 2.16. The van der Waals surface area contributed by atoms with Crippen LogP contribution in [0.1, 0.15) is 6.42 Å². The van der Waals surface area contributed by atoms with Crippen molar-refractivity contribution in [2.75, 3.05) is 0 Å². The van der Waals surface area contributed by atoms with E-state index >= 15 is 0 Å². The van der Waals surface area contributed by atoms with Gasteiger partial charge in [0.05, 0.1) is 5.57 Å². The molecule has 0 bridgehead atoms. The fourth-order valence-electron chi connectivity index (χ4n) is 0.753. The van der Waals surface area contributed by atoms with E-state index in [0.717, 1.165) is 6.42 Å². The number of carboxylic acid groups (broad SMARTS) is 1. The maximum absolute atomic E-state index is 10.3. The van der Waals surface area contributed by atoms with Crippen LogP contribution in [0.5, 0.6) is 0 Å². The molecule has 1 rings (SSSR count). The van der Waals surface area contributed by atoms with E-state index in [1.807, 2.05) is 6.08 Å². The Kier molecular flexibility index (Phi) is 2.48. The first-order chi connectivity index (χ1) is 4.70. The van der Waals surface area contributed by atoms with Crippen LogP contribution in [0.3, 0.4) is 0 Å². The molecule has 0 radical (unpaired) electrons. The third-order valence-electron chi connectivity index (χ3n) is 1.29. The standard InChI is InChI=1S/C7H7IO2/c8-6-3-1-5(2-4-6)7(9)10/h1-3,6H,4H2,(H,9,10). The summed E-state index contributed by atoms with van der Waals surface area (Å²) in [4.78, 5) is 10.3. The number of carboxylic acids is 1. The van der Waals surface area contributed by atoms with Gasteiger partial charge in [-0.3, -0.25) is 0 Å². The molecule has 1 atom stereocenters.